The molecule has 0 amide bonds. The molecule has 0 heterocycles. The summed E-state index contributed by atoms with van der Waals surface area (Å²) in [4.78, 5) is 0.319. The van der Waals surface area contributed by atoms with Gasteiger partial charge >= 0.3 is 0 Å². The normalized spacial score (nSPS) is 14.3. The summed E-state index contributed by atoms with van der Waals surface area (Å²) in [5, 5.41) is 0. The van der Waals surface area contributed by atoms with E-state index in [4.69, 9.17) is 0 Å². The Morgan fingerprint density at radius 2 is 1.62 bits per heavy atom. The van der Waals surface area contributed by atoms with E-state index in [9.17, 15) is 8.42 Å². The standard InChI is InChI=1S/C20H27NO2S/c1-4-5-15-20(3,18-9-7-6-8-10-18)16-21-24(22,23)19-13-11-17(2)12-14-19/h6-14,21H,4-5,15-16H2,1-3H3/t20-/m0/s1. The molecule has 2 aromatic rings. The number of sulfonamides is 1. The molecule has 2 rings (SSSR count). The molecule has 0 aromatic heterocycles. The molecular weight excluding hydrogens is 318 g/mol. The van der Waals surface area contributed by atoms with Crippen LogP contribution >= 0.6 is 0 Å². The molecule has 0 aliphatic rings. The van der Waals surface area contributed by atoms with E-state index in [-0.39, 0.29) is 5.41 Å². The fourth-order valence-electron chi connectivity index (χ4n) is 2.80. The summed E-state index contributed by atoms with van der Waals surface area (Å²) in [6.07, 6.45) is 3.11. The second-order valence-corrected chi connectivity index (χ2v) is 8.43. The Hall–Kier alpha value is -1.65. The van der Waals surface area contributed by atoms with Crippen LogP contribution in [0.25, 0.3) is 0 Å². The van der Waals surface area contributed by atoms with E-state index in [1.54, 1.807) is 12.1 Å². The molecule has 0 saturated carbocycles. The molecule has 4 heteroatoms. The van der Waals surface area contributed by atoms with Crippen LogP contribution < -0.4 is 4.72 Å². The molecule has 0 saturated heterocycles. The van der Waals surface area contributed by atoms with Crippen LogP contribution in [0, 0.1) is 6.92 Å². The molecule has 0 bridgehead atoms. The Morgan fingerprint density at radius 3 is 2.21 bits per heavy atom. The summed E-state index contributed by atoms with van der Waals surface area (Å²) in [7, 11) is -3.49. The topological polar surface area (TPSA) is 46.2 Å². The highest BCUT2D eigenvalue weighted by atomic mass is 32.2. The SMILES string of the molecule is CCCC[C@@](C)(CNS(=O)(=O)c1ccc(C)cc1)c1ccccc1. The third kappa shape index (κ3) is 4.68. The molecule has 3 nitrogen and oxygen atoms in total. The monoisotopic (exact) mass is 345 g/mol. The van der Waals surface area contributed by atoms with Crippen LogP contribution in [0.4, 0.5) is 0 Å². The van der Waals surface area contributed by atoms with Gasteiger partial charge < -0.3 is 0 Å². The smallest absolute Gasteiger partial charge is 0.210 e. The first kappa shape index (κ1) is 18.7. The number of rotatable bonds is 8. The lowest BCUT2D eigenvalue weighted by molar-refractivity contribution is 0.411. The second-order valence-electron chi connectivity index (χ2n) is 6.67. The number of unbranched alkanes of at least 4 members (excludes halogenated alkanes) is 1. The quantitative estimate of drug-likeness (QED) is 0.770. The van der Waals surface area contributed by atoms with Crippen molar-refractivity contribution in [3.63, 3.8) is 0 Å². The van der Waals surface area contributed by atoms with Gasteiger partial charge in [-0.2, -0.15) is 0 Å². The zero-order chi connectivity index (χ0) is 17.6. The predicted molar refractivity (Wildman–Crippen MR) is 99.7 cm³/mol. The van der Waals surface area contributed by atoms with E-state index in [1.807, 2.05) is 37.3 Å². The summed E-state index contributed by atoms with van der Waals surface area (Å²) in [5.41, 5.74) is 2.01. The molecule has 2 aromatic carbocycles. The Bertz CT molecular complexity index is 739. The van der Waals surface area contributed by atoms with Crippen molar-refractivity contribution in [3.05, 3.63) is 65.7 Å². The van der Waals surface area contributed by atoms with Crippen molar-refractivity contribution in [2.75, 3.05) is 6.54 Å². The van der Waals surface area contributed by atoms with Crippen LogP contribution in [0.3, 0.4) is 0 Å². The minimum atomic E-state index is -3.49. The number of nitrogens with one attached hydrogen (secondary N) is 1. The maximum absolute atomic E-state index is 12.6. The summed E-state index contributed by atoms with van der Waals surface area (Å²) in [6, 6.07) is 17.1. The van der Waals surface area contributed by atoms with Gasteiger partial charge in [-0.3, -0.25) is 0 Å². The summed E-state index contributed by atoms with van der Waals surface area (Å²) in [5.74, 6) is 0. The average molecular weight is 346 g/mol. The predicted octanol–water partition coefficient (Wildman–Crippen LogP) is 4.42. The molecule has 1 N–H and O–H groups in total. The van der Waals surface area contributed by atoms with Gasteiger partial charge in [-0.1, -0.05) is 74.7 Å². The van der Waals surface area contributed by atoms with Crippen LogP contribution in [-0.4, -0.2) is 15.0 Å². The molecule has 24 heavy (non-hydrogen) atoms. The molecule has 0 aliphatic carbocycles. The van der Waals surface area contributed by atoms with Crippen LogP contribution in [0.2, 0.25) is 0 Å². The van der Waals surface area contributed by atoms with Crippen molar-refractivity contribution in [1.29, 1.82) is 0 Å². The van der Waals surface area contributed by atoms with Crippen LogP contribution in [0.15, 0.2) is 59.5 Å². The maximum atomic E-state index is 12.6. The fourth-order valence-corrected chi connectivity index (χ4v) is 3.97. The van der Waals surface area contributed by atoms with Gasteiger partial charge in [0.25, 0.3) is 0 Å². The van der Waals surface area contributed by atoms with E-state index in [0.717, 1.165) is 24.8 Å². The minimum absolute atomic E-state index is 0.213. The highest BCUT2D eigenvalue weighted by Gasteiger charge is 2.28. The number of hydrogen-bond acceptors (Lipinski definition) is 2. The number of benzene rings is 2. The lowest BCUT2D eigenvalue weighted by atomic mass is 9.78. The third-order valence-electron chi connectivity index (χ3n) is 4.54. The van der Waals surface area contributed by atoms with E-state index in [2.05, 4.69) is 30.7 Å². The third-order valence-corrected chi connectivity index (χ3v) is 5.95. The van der Waals surface area contributed by atoms with E-state index in [1.165, 1.54) is 5.56 Å². The summed E-state index contributed by atoms with van der Waals surface area (Å²) < 4.78 is 28.0. The first-order chi connectivity index (χ1) is 11.4. The molecule has 0 unspecified atom stereocenters. The highest BCUT2D eigenvalue weighted by Crippen LogP contribution is 2.29. The van der Waals surface area contributed by atoms with Gasteiger partial charge in [0, 0.05) is 12.0 Å². The largest absolute Gasteiger partial charge is 0.240 e. The van der Waals surface area contributed by atoms with E-state index in [0.29, 0.717) is 11.4 Å². The Labute approximate surface area is 146 Å². The van der Waals surface area contributed by atoms with Gasteiger partial charge in [0.15, 0.2) is 0 Å². The van der Waals surface area contributed by atoms with Crippen molar-refractivity contribution in [3.8, 4) is 0 Å². The van der Waals surface area contributed by atoms with Gasteiger partial charge in [-0.15, -0.1) is 0 Å². The summed E-state index contributed by atoms with van der Waals surface area (Å²) in [6.45, 7) is 6.63. The fraction of sp³-hybridized carbons (Fsp3) is 0.400. The van der Waals surface area contributed by atoms with E-state index >= 15 is 0 Å². The zero-order valence-corrected chi connectivity index (χ0v) is 15.6. The minimum Gasteiger partial charge on any atom is -0.210 e. The molecule has 0 aliphatic heterocycles. The van der Waals surface area contributed by atoms with Crippen molar-refractivity contribution in [1.82, 2.24) is 4.72 Å². The molecular formula is C20H27NO2S. The first-order valence-electron chi connectivity index (χ1n) is 8.49. The first-order valence-corrected chi connectivity index (χ1v) is 9.97. The molecule has 1 atom stereocenters. The maximum Gasteiger partial charge on any atom is 0.240 e. The molecule has 0 radical (unpaired) electrons. The Morgan fingerprint density at radius 1 is 1.00 bits per heavy atom. The van der Waals surface area contributed by atoms with Crippen molar-refractivity contribution in [2.45, 2.75) is 50.3 Å². The Balaban J connectivity index is 2.19. The van der Waals surface area contributed by atoms with Gasteiger partial charge in [-0.25, -0.2) is 13.1 Å². The molecule has 130 valence electrons. The van der Waals surface area contributed by atoms with Gasteiger partial charge in [0.2, 0.25) is 10.0 Å². The number of aryl methyl sites for hydroxylation is 1. The lowest BCUT2D eigenvalue weighted by Gasteiger charge is -2.30. The van der Waals surface area contributed by atoms with Crippen LogP contribution in [0.5, 0.6) is 0 Å². The zero-order valence-electron chi connectivity index (χ0n) is 14.7. The Kier molecular flexibility index (Phi) is 6.19. The van der Waals surface area contributed by atoms with Crippen LogP contribution in [-0.2, 0) is 15.4 Å². The van der Waals surface area contributed by atoms with Gasteiger partial charge in [-0.05, 0) is 31.0 Å². The van der Waals surface area contributed by atoms with Gasteiger partial charge in [0.05, 0.1) is 4.90 Å². The summed E-state index contributed by atoms with van der Waals surface area (Å²) >= 11 is 0. The molecule has 0 fully saturated rings. The van der Waals surface area contributed by atoms with Crippen molar-refractivity contribution in [2.24, 2.45) is 0 Å². The average Bonchev–Trinajstić information content (AvgIpc) is 2.59. The second kappa shape index (κ2) is 7.95. The van der Waals surface area contributed by atoms with Crippen LogP contribution in [0.1, 0.15) is 44.2 Å². The van der Waals surface area contributed by atoms with Crippen molar-refractivity contribution >= 4 is 10.0 Å². The highest BCUT2D eigenvalue weighted by molar-refractivity contribution is 7.89. The van der Waals surface area contributed by atoms with E-state index < -0.39 is 10.0 Å². The molecule has 0 spiro atoms. The van der Waals surface area contributed by atoms with Crippen molar-refractivity contribution < 1.29 is 8.42 Å². The number of hydrogen-bond donors (Lipinski definition) is 1. The van der Waals surface area contributed by atoms with Gasteiger partial charge in [0.1, 0.15) is 0 Å². The lowest BCUT2D eigenvalue weighted by Crippen LogP contribution is -2.38.